The van der Waals surface area contributed by atoms with Crippen LogP contribution in [0.4, 0.5) is 0 Å². The second kappa shape index (κ2) is 11.5. The number of hydrogen-bond acceptors (Lipinski definition) is 6. The van der Waals surface area contributed by atoms with Crippen LogP contribution in [0.1, 0.15) is 50.3 Å². The Kier molecular flexibility index (Phi) is 8.43. The first-order chi connectivity index (χ1) is 14.7. The van der Waals surface area contributed by atoms with Gasteiger partial charge in [-0.25, -0.2) is 19.6 Å². The van der Waals surface area contributed by atoms with Crippen LogP contribution in [0.5, 0.6) is 5.88 Å². The number of ether oxygens (including phenoxy) is 2. The number of nitrogens with zero attached hydrogens (tertiary/aromatic N) is 5. The van der Waals surface area contributed by atoms with Crippen LogP contribution in [-0.2, 0) is 30.9 Å². The maximum atomic E-state index is 5.83. The van der Waals surface area contributed by atoms with Crippen molar-refractivity contribution in [2.24, 2.45) is 4.99 Å². The number of guanidine groups is 1. The molecule has 0 amide bonds. The molecule has 9 heteroatoms. The lowest BCUT2D eigenvalue weighted by molar-refractivity contribution is 0.177. The third-order valence-corrected chi connectivity index (χ3v) is 4.85. The predicted molar refractivity (Wildman–Crippen MR) is 115 cm³/mol. The van der Waals surface area contributed by atoms with Crippen LogP contribution in [-0.4, -0.2) is 52.0 Å². The summed E-state index contributed by atoms with van der Waals surface area (Å²) >= 11 is 0. The number of aryl methyl sites for hydroxylation is 1. The van der Waals surface area contributed by atoms with E-state index < -0.39 is 0 Å². The van der Waals surface area contributed by atoms with E-state index in [1.165, 1.54) is 0 Å². The molecule has 3 rings (SSSR count). The zero-order valence-electron chi connectivity index (χ0n) is 18.2. The molecule has 9 nitrogen and oxygen atoms in total. The van der Waals surface area contributed by atoms with Gasteiger partial charge in [0.25, 0.3) is 0 Å². The first-order valence-electron chi connectivity index (χ1n) is 10.8. The van der Waals surface area contributed by atoms with E-state index in [1.807, 2.05) is 16.8 Å². The smallest absolute Gasteiger partial charge is 0.218 e. The maximum absolute atomic E-state index is 5.83. The first-order valence-corrected chi connectivity index (χ1v) is 10.8. The minimum atomic E-state index is 0.238. The molecule has 30 heavy (non-hydrogen) atoms. The summed E-state index contributed by atoms with van der Waals surface area (Å²) in [6, 6.07) is 4.17. The Morgan fingerprint density at radius 1 is 1.37 bits per heavy atom. The standard InChI is InChI=1S/C21H33N7O2/c1-4-6-12-30-20-16(8-7-11-23-20)13-24-21(22-5-2)25-17-9-10-19-26-18(15-29-3)27-28(19)14-17/h7-8,11,17H,4-6,9-10,12-15H2,1-3H3,(H2,22,24,25). The third-order valence-electron chi connectivity index (χ3n) is 4.85. The molecule has 2 aromatic rings. The van der Waals surface area contributed by atoms with Crippen molar-refractivity contribution in [2.75, 3.05) is 20.3 Å². The number of nitrogens with one attached hydrogen (secondary N) is 2. The van der Waals surface area contributed by atoms with E-state index in [0.717, 1.165) is 61.9 Å². The quantitative estimate of drug-likeness (QED) is 0.348. The minimum Gasteiger partial charge on any atom is -0.477 e. The fraction of sp³-hybridized carbons (Fsp3) is 0.619. The Balaban J connectivity index is 1.62. The van der Waals surface area contributed by atoms with E-state index in [2.05, 4.69) is 39.5 Å². The average Bonchev–Trinajstić information content (AvgIpc) is 3.15. The highest BCUT2D eigenvalue weighted by Crippen LogP contribution is 2.16. The molecule has 0 aliphatic carbocycles. The number of aromatic nitrogens is 4. The Morgan fingerprint density at radius 3 is 3.07 bits per heavy atom. The van der Waals surface area contributed by atoms with Gasteiger partial charge in [0.05, 0.1) is 19.7 Å². The Hall–Kier alpha value is -2.68. The summed E-state index contributed by atoms with van der Waals surface area (Å²) in [5.41, 5.74) is 0.984. The van der Waals surface area contributed by atoms with E-state index in [1.54, 1.807) is 13.3 Å². The Labute approximate surface area is 178 Å². The van der Waals surface area contributed by atoms with Gasteiger partial charge < -0.3 is 20.1 Å². The van der Waals surface area contributed by atoms with Gasteiger partial charge in [-0.05, 0) is 25.8 Å². The molecule has 0 saturated carbocycles. The molecule has 164 valence electrons. The minimum absolute atomic E-state index is 0.238. The zero-order chi connectivity index (χ0) is 21.2. The van der Waals surface area contributed by atoms with E-state index in [-0.39, 0.29) is 6.04 Å². The summed E-state index contributed by atoms with van der Waals surface area (Å²) in [6.07, 6.45) is 5.73. The van der Waals surface area contributed by atoms with Gasteiger partial charge in [0, 0.05) is 37.9 Å². The van der Waals surface area contributed by atoms with Crippen molar-refractivity contribution in [3.05, 3.63) is 35.5 Å². The van der Waals surface area contributed by atoms with Crippen molar-refractivity contribution in [1.82, 2.24) is 30.4 Å². The van der Waals surface area contributed by atoms with Crippen molar-refractivity contribution < 1.29 is 9.47 Å². The van der Waals surface area contributed by atoms with Crippen molar-refractivity contribution in [3.63, 3.8) is 0 Å². The van der Waals surface area contributed by atoms with Crippen LogP contribution in [0, 0.1) is 0 Å². The van der Waals surface area contributed by atoms with E-state index in [0.29, 0.717) is 25.6 Å². The molecule has 3 heterocycles. The molecule has 1 aliphatic heterocycles. The Morgan fingerprint density at radius 2 is 2.27 bits per heavy atom. The highest BCUT2D eigenvalue weighted by atomic mass is 16.5. The lowest BCUT2D eigenvalue weighted by Gasteiger charge is -2.25. The van der Waals surface area contributed by atoms with E-state index in [4.69, 9.17) is 14.5 Å². The van der Waals surface area contributed by atoms with Crippen molar-refractivity contribution in [2.45, 2.75) is 65.3 Å². The van der Waals surface area contributed by atoms with Gasteiger partial charge in [0.1, 0.15) is 12.4 Å². The molecule has 0 spiro atoms. The van der Waals surface area contributed by atoms with Crippen LogP contribution < -0.4 is 15.4 Å². The van der Waals surface area contributed by atoms with Gasteiger partial charge in [-0.3, -0.25) is 0 Å². The summed E-state index contributed by atoms with van der Waals surface area (Å²) in [5, 5.41) is 11.4. The van der Waals surface area contributed by atoms with Gasteiger partial charge in [0.2, 0.25) is 5.88 Å². The summed E-state index contributed by atoms with van der Waals surface area (Å²) in [7, 11) is 1.66. The second-order valence-electron chi connectivity index (χ2n) is 7.30. The number of aliphatic imine (C=N–C) groups is 1. The zero-order valence-corrected chi connectivity index (χ0v) is 18.2. The fourth-order valence-electron chi connectivity index (χ4n) is 3.33. The van der Waals surface area contributed by atoms with Crippen molar-refractivity contribution in [1.29, 1.82) is 0 Å². The van der Waals surface area contributed by atoms with Crippen LogP contribution in [0.15, 0.2) is 23.3 Å². The van der Waals surface area contributed by atoms with Gasteiger partial charge >= 0.3 is 0 Å². The lowest BCUT2D eigenvalue weighted by atomic mass is 10.1. The third kappa shape index (κ3) is 6.16. The largest absolute Gasteiger partial charge is 0.477 e. The molecular weight excluding hydrogens is 382 g/mol. The number of unbranched alkanes of at least 4 members (excludes halogenated alkanes) is 1. The molecule has 0 fully saturated rings. The topological polar surface area (TPSA) is 98.5 Å². The second-order valence-corrected chi connectivity index (χ2v) is 7.30. The molecule has 1 unspecified atom stereocenters. The molecule has 1 aliphatic rings. The average molecular weight is 416 g/mol. The molecule has 0 saturated heterocycles. The highest BCUT2D eigenvalue weighted by molar-refractivity contribution is 5.80. The normalized spacial score (nSPS) is 16.2. The molecule has 2 aromatic heterocycles. The SMILES string of the molecule is CCCCOc1ncccc1CN=C(NCC)NC1CCc2nc(COC)nn2C1. The first kappa shape index (κ1) is 22.0. The van der Waals surface area contributed by atoms with E-state index >= 15 is 0 Å². The molecule has 0 bridgehead atoms. The van der Waals surface area contributed by atoms with Crippen LogP contribution in [0.25, 0.3) is 0 Å². The Bertz CT molecular complexity index is 821. The van der Waals surface area contributed by atoms with Gasteiger partial charge in [0.15, 0.2) is 11.8 Å². The summed E-state index contributed by atoms with van der Waals surface area (Å²) < 4.78 is 12.9. The molecule has 0 aromatic carbocycles. The van der Waals surface area contributed by atoms with Gasteiger partial charge in [-0.2, -0.15) is 5.10 Å². The van der Waals surface area contributed by atoms with Crippen LogP contribution in [0.2, 0.25) is 0 Å². The highest BCUT2D eigenvalue weighted by Gasteiger charge is 2.22. The lowest BCUT2D eigenvalue weighted by Crippen LogP contribution is -2.47. The molecule has 2 N–H and O–H groups in total. The number of methoxy groups -OCH3 is 1. The maximum Gasteiger partial charge on any atom is 0.218 e. The monoisotopic (exact) mass is 415 g/mol. The fourth-order valence-corrected chi connectivity index (χ4v) is 3.33. The summed E-state index contributed by atoms with van der Waals surface area (Å²) in [5.74, 6) is 3.21. The van der Waals surface area contributed by atoms with Crippen molar-refractivity contribution >= 4 is 5.96 Å². The van der Waals surface area contributed by atoms with Gasteiger partial charge in [-0.1, -0.05) is 19.4 Å². The molecule has 0 radical (unpaired) electrons. The van der Waals surface area contributed by atoms with Crippen LogP contribution >= 0.6 is 0 Å². The van der Waals surface area contributed by atoms with Crippen molar-refractivity contribution in [3.8, 4) is 5.88 Å². The number of rotatable bonds is 10. The number of fused-ring (bicyclic) bond motifs is 1. The summed E-state index contributed by atoms with van der Waals surface area (Å²) in [6.45, 7) is 7.38. The molecule has 1 atom stereocenters. The predicted octanol–water partition coefficient (Wildman–Crippen LogP) is 2.07. The number of pyridine rings is 1. The number of hydrogen-bond donors (Lipinski definition) is 2. The molecular formula is C21H33N7O2. The van der Waals surface area contributed by atoms with E-state index in [9.17, 15) is 0 Å². The van der Waals surface area contributed by atoms with Crippen LogP contribution in [0.3, 0.4) is 0 Å². The van der Waals surface area contributed by atoms with Gasteiger partial charge in [-0.15, -0.1) is 0 Å². The summed E-state index contributed by atoms with van der Waals surface area (Å²) in [4.78, 5) is 13.7.